The Hall–Kier alpha value is -1.99. The quantitative estimate of drug-likeness (QED) is 0.713. The van der Waals surface area contributed by atoms with Gasteiger partial charge in [-0.05, 0) is 25.0 Å². The summed E-state index contributed by atoms with van der Waals surface area (Å²) in [5.74, 6) is 0.536. The first-order valence-corrected chi connectivity index (χ1v) is 8.80. The van der Waals surface area contributed by atoms with E-state index in [9.17, 15) is 9.59 Å². The summed E-state index contributed by atoms with van der Waals surface area (Å²) in [5.41, 5.74) is -0.390. The number of hydrogen-bond donors (Lipinski definition) is 0. The summed E-state index contributed by atoms with van der Waals surface area (Å²) in [5, 5.41) is 0. The number of thiazole rings is 1. The Labute approximate surface area is 147 Å². The standard InChI is InChI=1S/C16H17ClN4O2S/c1-9(2)10(3)21-14(22)12-5-4-6-20(13(12)19-16(21)23)8-11-7-18-15(17)24-11/h4-7,9-10H,8H2,1-3H3. The Bertz CT molecular complexity index is 959. The summed E-state index contributed by atoms with van der Waals surface area (Å²) >= 11 is 7.22. The summed E-state index contributed by atoms with van der Waals surface area (Å²) in [6, 6.07) is 3.27. The zero-order valence-electron chi connectivity index (χ0n) is 13.6. The minimum absolute atomic E-state index is 0.157. The first-order valence-electron chi connectivity index (χ1n) is 7.60. The number of fused-ring (bicyclic) bond motifs is 1. The fourth-order valence-corrected chi connectivity index (χ4v) is 3.48. The minimum atomic E-state index is -0.518. The molecule has 1 aromatic rings. The summed E-state index contributed by atoms with van der Waals surface area (Å²) in [4.78, 5) is 34.3. The van der Waals surface area contributed by atoms with E-state index in [0.29, 0.717) is 22.4 Å². The van der Waals surface area contributed by atoms with Gasteiger partial charge >= 0.3 is 5.69 Å². The normalized spacial score (nSPS) is 12.9. The molecule has 0 bridgehead atoms. The Morgan fingerprint density at radius 1 is 1.29 bits per heavy atom. The van der Waals surface area contributed by atoms with Crippen LogP contribution in [0.2, 0.25) is 4.47 Å². The lowest BCUT2D eigenvalue weighted by Gasteiger charge is -2.20. The highest BCUT2D eigenvalue weighted by Gasteiger charge is 2.21. The van der Waals surface area contributed by atoms with E-state index >= 15 is 0 Å². The van der Waals surface area contributed by atoms with Crippen LogP contribution in [0.15, 0.2) is 34.1 Å². The van der Waals surface area contributed by atoms with Crippen molar-refractivity contribution in [1.29, 1.82) is 0 Å². The van der Waals surface area contributed by atoms with Crippen molar-refractivity contribution in [2.75, 3.05) is 0 Å². The molecule has 0 aliphatic carbocycles. The Morgan fingerprint density at radius 2 is 2.04 bits per heavy atom. The number of rotatable bonds is 4. The molecule has 0 N–H and O–H groups in total. The Balaban J connectivity index is 2.15. The van der Waals surface area contributed by atoms with Crippen LogP contribution in [0.1, 0.15) is 31.7 Å². The van der Waals surface area contributed by atoms with Crippen molar-refractivity contribution in [1.82, 2.24) is 19.1 Å². The largest absolute Gasteiger partial charge is 0.352 e. The molecule has 0 fully saturated rings. The van der Waals surface area contributed by atoms with Crippen LogP contribution >= 0.6 is 22.9 Å². The van der Waals surface area contributed by atoms with E-state index in [4.69, 9.17) is 11.6 Å². The van der Waals surface area contributed by atoms with E-state index in [1.54, 1.807) is 29.1 Å². The first kappa shape index (κ1) is 16.9. The molecule has 0 saturated heterocycles. The molecular formula is C16H17ClN4O2S. The molecule has 8 heteroatoms. The summed E-state index contributed by atoms with van der Waals surface area (Å²) in [6.07, 6.45) is 3.47. The van der Waals surface area contributed by atoms with Crippen LogP contribution in [0, 0.1) is 5.92 Å². The summed E-state index contributed by atoms with van der Waals surface area (Å²) in [6.45, 7) is 6.26. The van der Waals surface area contributed by atoms with E-state index in [1.807, 2.05) is 20.8 Å². The smallest absolute Gasteiger partial charge is 0.327 e. The fourth-order valence-electron chi connectivity index (χ4n) is 2.50. The fraction of sp³-hybridized carbons (Fsp3) is 0.375. The molecule has 0 radical (unpaired) electrons. The predicted octanol–water partition coefficient (Wildman–Crippen LogP) is 2.89. The van der Waals surface area contributed by atoms with Crippen molar-refractivity contribution in [2.24, 2.45) is 5.92 Å². The maximum absolute atomic E-state index is 12.8. The molecule has 126 valence electrons. The van der Waals surface area contributed by atoms with Crippen molar-refractivity contribution in [3.05, 3.63) is 54.7 Å². The van der Waals surface area contributed by atoms with Gasteiger partial charge in [-0.15, -0.1) is 11.3 Å². The van der Waals surface area contributed by atoms with Gasteiger partial charge in [0.05, 0.1) is 12.1 Å². The molecule has 0 aromatic carbocycles. The van der Waals surface area contributed by atoms with Crippen molar-refractivity contribution < 1.29 is 0 Å². The number of aromatic nitrogens is 4. The molecule has 1 atom stereocenters. The van der Waals surface area contributed by atoms with Gasteiger partial charge in [-0.1, -0.05) is 25.4 Å². The molecule has 2 aliphatic rings. The van der Waals surface area contributed by atoms with Crippen molar-refractivity contribution >= 4 is 22.9 Å². The second kappa shape index (κ2) is 6.49. The second-order valence-electron chi connectivity index (χ2n) is 6.01. The molecule has 6 nitrogen and oxygen atoms in total. The molecule has 24 heavy (non-hydrogen) atoms. The first-order chi connectivity index (χ1) is 11.4. The third-order valence-electron chi connectivity index (χ3n) is 4.12. The van der Waals surface area contributed by atoms with E-state index in [1.165, 1.54) is 15.9 Å². The topological polar surface area (TPSA) is 69.8 Å². The van der Waals surface area contributed by atoms with Gasteiger partial charge in [-0.25, -0.2) is 9.78 Å². The van der Waals surface area contributed by atoms with E-state index in [0.717, 1.165) is 4.88 Å². The SMILES string of the molecule is CC(C)C(C)n1c(=O)nc2n(Cc3cnc(Cl)s3)cccc-2c1=O. The number of pyridine rings is 1. The minimum Gasteiger partial charge on any atom is -0.327 e. The molecule has 0 amide bonds. The highest BCUT2D eigenvalue weighted by Crippen LogP contribution is 2.22. The molecule has 1 aromatic heterocycles. The van der Waals surface area contributed by atoms with Crippen LogP contribution < -0.4 is 11.2 Å². The predicted molar refractivity (Wildman–Crippen MR) is 95.2 cm³/mol. The number of halogens is 1. The Morgan fingerprint density at radius 3 is 2.67 bits per heavy atom. The monoisotopic (exact) mass is 364 g/mol. The van der Waals surface area contributed by atoms with Crippen LogP contribution in [0.5, 0.6) is 0 Å². The van der Waals surface area contributed by atoms with Crippen molar-refractivity contribution in [2.45, 2.75) is 33.4 Å². The summed E-state index contributed by atoms with van der Waals surface area (Å²) in [7, 11) is 0. The zero-order chi connectivity index (χ0) is 17.4. The van der Waals surface area contributed by atoms with Crippen LogP contribution in [-0.4, -0.2) is 19.1 Å². The lowest BCUT2D eigenvalue weighted by molar-refractivity contribution is 0.384. The summed E-state index contributed by atoms with van der Waals surface area (Å²) < 4.78 is 3.46. The highest BCUT2D eigenvalue weighted by atomic mass is 35.5. The lowest BCUT2D eigenvalue weighted by atomic mass is 10.1. The molecule has 3 rings (SSSR count). The molecule has 3 heterocycles. The molecule has 0 saturated carbocycles. The van der Waals surface area contributed by atoms with Crippen molar-refractivity contribution in [3.8, 4) is 11.4 Å². The van der Waals surface area contributed by atoms with Crippen LogP contribution in [-0.2, 0) is 6.54 Å². The van der Waals surface area contributed by atoms with Crippen molar-refractivity contribution in [3.63, 3.8) is 0 Å². The molecule has 0 spiro atoms. The third-order valence-corrected chi connectivity index (χ3v) is 5.22. The molecular weight excluding hydrogens is 348 g/mol. The third kappa shape index (κ3) is 3.01. The maximum atomic E-state index is 12.8. The lowest BCUT2D eigenvalue weighted by Crippen LogP contribution is -2.41. The maximum Gasteiger partial charge on any atom is 0.352 e. The van der Waals surface area contributed by atoms with Gasteiger partial charge in [0, 0.05) is 23.3 Å². The second-order valence-corrected chi connectivity index (χ2v) is 7.70. The van der Waals surface area contributed by atoms with Gasteiger partial charge < -0.3 is 4.57 Å². The highest BCUT2D eigenvalue weighted by molar-refractivity contribution is 7.15. The van der Waals surface area contributed by atoms with E-state index in [-0.39, 0.29) is 17.5 Å². The zero-order valence-corrected chi connectivity index (χ0v) is 15.1. The van der Waals surface area contributed by atoms with E-state index in [2.05, 4.69) is 9.97 Å². The number of nitrogens with zero attached hydrogens (tertiary/aromatic N) is 4. The van der Waals surface area contributed by atoms with Crippen LogP contribution in [0.4, 0.5) is 0 Å². The molecule has 2 aliphatic heterocycles. The van der Waals surface area contributed by atoms with Gasteiger partial charge in [0.2, 0.25) is 0 Å². The van der Waals surface area contributed by atoms with Gasteiger partial charge in [-0.3, -0.25) is 9.36 Å². The number of hydrogen-bond acceptors (Lipinski definition) is 5. The molecule has 1 unspecified atom stereocenters. The van der Waals surface area contributed by atoms with Gasteiger partial charge in [0.15, 0.2) is 10.3 Å². The van der Waals surface area contributed by atoms with E-state index < -0.39 is 5.69 Å². The van der Waals surface area contributed by atoms with Crippen LogP contribution in [0.25, 0.3) is 11.4 Å². The van der Waals surface area contributed by atoms with Gasteiger partial charge in [0.25, 0.3) is 5.56 Å². The van der Waals surface area contributed by atoms with Gasteiger partial charge in [-0.2, -0.15) is 4.98 Å². The Kier molecular flexibility index (Phi) is 4.56. The average molecular weight is 365 g/mol. The van der Waals surface area contributed by atoms with Crippen LogP contribution in [0.3, 0.4) is 0 Å². The average Bonchev–Trinajstić information content (AvgIpc) is 2.93. The van der Waals surface area contributed by atoms with Gasteiger partial charge in [0.1, 0.15) is 0 Å².